The second-order valence-corrected chi connectivity index (χ2v) is 9.74. The quantitative estimate of drug-likeness (QED) is 0.698. The van der Waals surface area contributed by atoms with Crippen molar-refractivity contribution in [1.29, 1.82) is 0 Å². The molecule has 0 aliphatic carbocycles. The maximum Gasteiger partial charge on any atom is 0.237 e. The number of nitrogens with zero attached hydrogens (tertiary/aromatic N) is 5. The Bertz CT molecular complexity index is 947. The summed E-state index contributed by atoms with van der Waals surface area (Å²) in [5.74, 6) is 1.72. The summed E-state index contributed by atoms with van der Waals surface area (Å²) >= 11 is 0. The fraction of sp³-hybridized carbons (Fsp3) is 0.577. The van der Waals surface area contributed by atoms with Gasteiger partial charge in [0.2, 0.25) is 5.91 Å². The van der Waals surface area contributed by atoms with E-state index >= 15 is 0 Å². The van der Waals surface area contributed by atoms with Gasteiger partial charge < -0.3 is 14.5 Å². The predicted molar refractivity (Wildman–Crippen MR) is 127 cm³/mol. The third-order valence-electron chi connectivity index (χ3n) is 7.38. The molecule has 1 aromatic carbocycles. The van der Waals surface area contributed by atoms with E-state index in [4.69, 9.17) is 9.72 Å². The van der Waals surface area contributed by atoms with Crippen molar-refractivity contribution < 1.29 is 9.53 Å². The van der Waals surface area contributed by atoms with Crippen LogP contribution in [0, 0.1) is 5.92 Å². The number of likely N-dealkylation sites (N-methyl/N-ethyl adjacent to an activating group) is 1. The topological polar surface area (TPSA) is 61.8 Å². The molecular weight excluding hydrogens is 414 g/mol. The lowest BCUT2D eigenvalue weighted by Crippen LogP contribution is -2.51. The lowest BCUT2D eigenvalue weighted by atomic mass is 9.96. The number of aromatic nitrogens is 2. The van der Waals surface area contributed by atoms with Crippen LogP contribution in [0.4, 0.5) is 0 Å². The van der Waals surface area contributed by atoms with E-state index in [1.807, 2.05) is 11.1 Å². The van der Waals surface area contributed by atoms with Crippen LogP contribution in [0.25, 0.3) is 0 Å². The molecular formula is C26H35N5O2. The van der Waals surface area contributed by atoms with Crippen LogP contribution in [0.1, 0.15) is 41.5 Å². The summed E-state index contributed by atoms with van der Waals surface area (Å²) in [6, 6.07) is 10.8. The molecule has 7 heteroatoms. The van der Waals surface area contributed by atoms with Crippen LogP contribution >= 0.6 is 0 Å². The monoisotopic (exact) mass is 449 g/mol. The molecule has 176 valence electrons. The number of carbonyl (C=O) groups excluding carboxylic acids is 1. The maximum atomic E-state index is 13.3. The average Bonchev–Trinajstić information content (AvgIpc) is 2.86. The first-order valence-electron chi connectivity index (χ1n) is 12.3. The largest absolute Gasteiger partial charge is 0.381 e. The molecule has 2 aromatic rings. The van der Waals surface area contributed by atoms with E-state index in [2.05, 4.69) is 52.2 Å². The third kappa shape index (κ3) is 5.42. The minimum absolute atomic E-state index is 0.204. The number of benzene rings is 1. The first kappa shape index (κ1) is 22.4. The molecule has 1 amide bonds. The van der Waals surface area contributed by atoms with Crippen molar-refractivity contribution in [2.45, 2.75) is 38.3 Å². The Morgan fingerprint density at radius 2 is 1.94 bits per heavy atom. The molecule has 4 heterocycles. The molecule has 33 heavy (non-hydrogen) atoms. The van der Waals surface area contributed by atoms with Crippen LogP contribution in [0.5, 0.6) is 0 Å². The Hall–Kier alpha value is -2.35. The molecule has 0 bridgehead atoms. The third-order valence-corrected chi connectivity index (χ3v) is 7.38. The van der Waals surface area contributed by atoms with E-state index in [9.17, 15) is 4.79 Å². The fourth-order valence-corrected chi connectivity index (χ4v) is 5.28. The normalized spacial score (nSPS) is 22.8. The average molecular weight is 450 g/mol. The molecule has 7 nitrogen and oxygen atoms in total. The number of ether oxygens (including phenoxy) is 1. The van der Waals surface area contributed by atoms with Crippen molar-refractivity contribution in [3.63, 3.8) is 0 Å². The summed E-state index contributed by atoms with van der Waals surface area (Å²) in [6.45, 7) is 6.33. The molecule has 1 atom stereocenters. The molecule has 2 saturated heterocycles. The van der Waals surface area contributed by atoms with Crippen molar-refractivity contribution in [3.8, 4) is 0 Å². The van der Waals surface area contributed by atoms with Gasteiger partial charge in [-0.3, -0.25) is 9.69 Å². The Kier molecular flexibility index (Phi) is 6.99. The summed E-state index contributed by atoms with van der Waals surface area (Å²) in [7, 11) is 2.16. The van der Waals surface area contributed by atoms with Gasteiger partial charge in [-0.1, -0.05) is 30.3 Å². The molecule has 0 radical (unpaired) electrons. The van der Waals surface area contributed by atoms with E-state index in [-0.39, 0.29) is 11.9 Å². The molecule has 0 saturated carbocycles. The van der Waals surface area contributed by atoms with Crippen molar-refractivity contribution in [2.24, 2.45) is 5.92 Å². The first-order chi connectivity index (χ1) is 16.2. The molecule has 2 fully saturated rings. The second-order valence-electron chi connectivity index (χ2n) is 9.74. The van der Waals surface area contributed by atoms with Crippen molar-refractivity contribution in [2.75, 3.05) is 53.0 Å². The van der Waals surface area contributed by atoms with Gasteiger partial charge >= 0.3 is 0 Å². The lowest BCUT2D eigenvalue weighted by molar-refractivity contribution is -0.134. The van der Waals surface area contributed by atoms with E-state index in [1.54, 1.807) is 0 Å². The van der Waals surface area contributed by atoms with Gasteiger partial charge in [-0.2, -0.15) is 0 Å². The van der Waals surface area contributed by atoms with E-state index in [0.717, 1.165) is 76.6 Å². The Labute approximate surface area is 196 Å². The highest BCUT2D eigenvalue weighted by molar-refractivity contribution is 5.78. The minimum atomic E-state index is 0.204. The number of fused-ring (bicyclic) bond motifs is 1. The van der Waals surface area contributed by atoms with Crippen LogP contribution < -0.4 is 0 Å². The summed E-state index contributed by atoms with van der Waals surface area (Å²) in [4.78, 5) is 29.6. The molecule has 1 aromatic heterocycles. The van der Waals surface area contributed by atoms with E-state index < -0.39 is 0 Å². The van der Waals surface area contributed by atoms with Crippen LogP contribution in [-0.2, 0) is 28.9 Å². The van der Waals surface area contributed by atoms with Crippen molar-refractivity contribution in [3.05, 3.63) is 59.2 Å². The Balaban J connectivity index is 1.24. The Morgan fingerprint density at radius 1 is 1.12 bits per heavy atom. The summed E-state index contributed by atoms with van der Waals surface area (Å²) in [5.41, 5.74) is 3.51. The highest BCUT2D eigenvalue weighted by Gasteiger charge is 2.31. The van der Waals surface area contributed by atoms with Gasteiger partial charge in [-0.05, 0) is 43.4 Å². The van der Waals surface area contributed by atoms with Crippen molar-refractivity contribution >= 4 is 5.91 Å². The van der Waals surface area contributed by atoms with Gasteiger partial charge in [-0.25, -0.2) is 9.97 Å². The van der Waals surface area contributed by atoms with Gasteiger partial charge in [-0.15, -0.1) is 0 Å². The number of piperazine rings is 1. The zero-order chi connectivity index (χ0) is 22.6. The predicted octanol–water partition coefficient (Wildman–Crippen LogP) is 2.32. The number of carbonyl (C=O) groups is 1. The van der Waals surface area contributed by atoms with E-state index in [1.165, 1.54) is 11.1 Å². The summed E-state index contributed by atoms with van der Waals surface area (Å²) in [6.07, 6.45) is 5.90. The maximum absolute atomic E-state index is 13.3. The standard InChI is InChI=1S/C26H35N5O2/c1-29-11-12-30(24(18-29)21-5-3-2-4-6-21)19-26(32)31-10-7-22-16-27-25(28-23(22)17-31)15-20-8-13-33-14-9-20/h2-6,16,20,24H,7-15,17-19H2,1H3/t24-/m0/s1. The zero-order valence-electron chi connectivity index (χ0n) is 19.7. The number of hydrogen-bond acceptors (Lipinski definition) is 6. The van der Waals surface area contributed by atoms with Gasteiger partial charge in [0, 0.05) is 58.1 Å². The number of amides is 1. The lowest BCUT2D eigenvalue weighted by Gasteiger charge is -2.41. The first-order valence-corrected chi connectivity index (χ1v) is 12.3. The van der Waals surface area contributed by atoms with Crippen LogP contribution in [0.3, 0.4) is 0 Å². The van der Waals surface area contributed by atoms with Crippen LogP contribution in [0.2, 0.25) is 0 Å². The SMILES string of the molecule is CN1CCN(CC(=O)N2CCc3cnc(CC4CCOCC4)nc3C2)[C@H](c2ccccc2)C1. The molecule has 3 aliphatic rings. The Morgan fingerprint density at radius 3 is 2.76 bits per heavy atom. The highest BCUT2D eigenvalue weighted by atomic mass is 16.5. The van der Waals surface area contributed by atoms with Gasteiger partial charge in [0.1, 0.15) is 5.82 Å². The van der Waals surface area contributed by atoms with Gasteiger partial charge in [0.05, 0.1) is 18.8 Å². The molecule has 5 rings (SSSR count). The second kappa shape index (κ2) is 10.3. The zero-order valence-corrected chi connectivity index (χ0v) is 19.7. The van der Waals surface area contributed by atoms with Gasteiger partial charge in [0.15, 0.2) is 0 Å². The minimum Gasteiger partial charge on any atom is -0.381 e. The molecule has 0 unspecified atom stereocenters. The number of rotatable bonds is 5. The molecule has 3 aliphatic heterocycles. The van der Waals surface area contributed by atoms with Crippen molar-refractivity contribution in [1.82, 2.24) is 24.7 Å². The summed E-state index contributed by atoms with van der Waals surface area (Å²) in [5, 5.41) is 0. The fourth-order valence-electron chi connectivity index (χ4n) is 5.28. The number of hydrogen-bond donors (Lipinski definition) is 0. The smallest absolute Gasteiger partial charge is 0.237 e. The molecule has 0 spiro atoms. The van der Waals surface area contributed by atoms with Crippen LogP contribution in [0.15, 0.2) is 36.5 Å². The van der Waals surface area contributed by atoms with Gasteiger partial charge in [0.25, 0.3) is 0 Å². The summed E-state index contributed by atoms with van der Waals surface area (Å²) < 4.78 is 5.48. The van der Waals surface area contributed by atoms with E-state index in [0.29, 0.717) is 19.0 Å². The van der Waals surface area contributed by atoms with Crippen LogP contribution in [-0.4, -0.2) is 83.6 Å². The molecule has 0 N–H and O–H groups in total. The highest BCUT2D eigenvalue weighted by Crippen LogP contribution is 2.26.